The number of rotatable bonds is 5. The molecule has 1 heterocycles. The lowest BCUT2D eigenvalue weighted by Gasteiger charge is -2.37. The maximum Gasteiger partial charge on any atom is 0.335 e. The molecule has 0 aromatic heterocycles. The zero-order chi connectivity index (χ0) is 16.9. The highest BCUT2D eigenvalue weighted by Gasteiger charge is 2.27. The van der Waals surface area contributed by atoms with Crippen molar-refractivity contribution < 1.29 is 14.6 Å². The van der Waals surface area contributed by atoms with Gasteiger partial charge in [0.1, 0.15) is 0 Å². The minimum atomic E-state index is -0.883. The number of hydrogen-bond acceptors (Lipinski definition) is 3. The van der Waals surface area contributed by atoms with Gasteiger partial charge >= 0.3 is 5.97 Å². The summed E-state index contributed by atoms with van der Waals surface area (Å²) in [6, 6.07) is 17.5. The van der Waals surface area contributed by atoms with Gasteiger partial charge in [-0.2, -0.15) is 0 Å². The molecule has 3 rings (SSSR count). The molecule has 1 unspecified atom stereocenters. The number of nitrogens with zero attached hydrogens (tertiary/aromatic N) is 1. The number of anilines is 1. The van der Waals surface area contributed by atoms with Gasteiger partial charge in [-0.1, -0.05) is 30.3 Å². The number of carboxylic acids is 1. The van der Waals surface area contributed by atoms with E-state index in [9.17, 15) is 4.79 Å². The highest BCUT2D eigenvalue weighted by molar-refractivity contribution is 5.88. The first kappa shape index (κ1) is 16.5. The van der Waals surface area contributed by atoms with E-state index >= 15 is 0 Å². The summed E-state index contributed by atoms with van der Waals surface area (Å²) in [5.41, 5.74) is 2.66. The summed E-state index contributed by atoms with van der Waals surface area (Å²) in [6.07, 6.45) is 2.27. The quantitative estimate of drug-likeness (QED) is 0.903. The molecule has 0 amide bonds. The summed E-state index contributed by atoms with van der Waals surface area (Å²) >= 11 is 0. The molecule has 1 aliphatic rings. The van der Waals surface area contributed by atoms with Crippen LogP contribution in [0.4, 0.5) is 5.69 Å². The second-order valence-electron chi connectivity index (χ2n) is 6.24. The van der Waals surface area contributed by atoms with Crippen molar-refractivity contribution in [2.45, 2.75) is 18.9 Å². The van der Waals surface area contributed by atoms with Gasteiger partial charge in [0.05, 0.1) is 11.7 Å². The Morgan fingerprint density at radius 3 is 2.25 bits per heavy atom. The SMILES string of the molecule is COC(c1ccccc1)C1CCN(c2ccc(C(=O)O)cc2)CC1. The smallest absolute Gasteiger partial charge is 0.335 e. The van der Waals surface area contributed by atoms with Crippen LogP contribution >= 0.6 is 0 Å². The van der Waals surface area contributed by atoms with Gasteiger partial charge in [0.15, 0.2) is 0 Å². The van der Waals surface area contributed by atoms with Crippen LogP contribution in [-0.2, 0) is 4.74 Å². The summed E-state index contributed by atoms with van der Waals surface area (Å²) in [5.74, 6) is -0.377. The summed E-state index contributed by atoms with van der Waals surface area (Å²) in [7, 11) is 1.79. The van der Waals surface area contributed by atoms with Crippen molar-refractivity contribution in [1.82, 2.24) is 0 Å². The number of piperidine rings is 1. The van der Waals surface area contributed by atoms with Crippen LogP contribution in [0.2, 0.25) is 0 Å². The Bertz CT molecular complexity index is 661. The van der Waals surface area contributed by atoms with E-state index in [0.29, 0.717) is 11.5 Å². The zero-order valence-electron chi connectivity index (χ0n) is 13.9. The van der Waals surface area contributed by atoms with Gasteiger partial charge in [0, 0.05) is 25.9 Å². The number of ether oxygens (including phenoxy) is 1. The molecule has 24 heavy (non-hydrogen) atoms. The van der Waals surface area contributed by atoms with E-state index in [0.717, 1.165) is 31.6 Å². The first-order valence-corrected chi connectivity index (χ1v) is 8.35. The average Bonchev–Trinajstić information content (AvgIpc) is 2.64. The van der Waals surface area contributed by atoms with Crippen LogP contribution in [-0.4, -0.2) is 31.3 Å². The van der Waals surface area contributed by atoms with Crippen LogP contribution in [0.5, 0.6) is 0 Å². The topological polar surface area (TPSA) is 49.8 Å². The molecule has 1 saturated heterocycles. The number of methoxy groups -OCH3 is 1. The van der Waals surface area contributed by atoms with Gasteiger partial charge in [0.25, 0.3) is 0 Å². The third-order valence-corrected chi connectivity index (χ3v) is 4.83. The first-order chi connectivity index (χ1) is 11.7. The fourth-order valence-corrected chi connectivity index (χ4v) is 3.52. The summed E-state index contributed by atoms with van der Waals surface area (Å²) < 4.78 is 5.78. The van der Waals surface area contributed by atoms with Crippen LogP contribution in [0, 0.1) is 5.92 Å². The van der Waals surface area contributed by atoms with Crippen molar-refractivity contribution in [2.75, 3.05) is 25.1 Å². The lowest BCUT2D eigenvalue weighted by atomic mass is 9.87. The molecular weight excluding hydrogens is 302 g/mol. The van der Waals surface area contributed by atoms with E-state index in [4.69, 9.17) is 9.84 Å². The summed E-state index contributed by atoms with van der Waals surface area (Å²) in [4.78, 5) is 13.3. The third kappa shape index (κ3) is 3.60. The summed E-state index contributed by atoms with van der Waals surface area (Å²) in [6.45, 7) is 1.92. The van der Waals surface area contributed by atoms with Gasteiger partial charge in [-0.25, -0.2) is 4.79 Å². The van der Waals surface area contributed by atoms with Crippen molar-refractivity contribution in [3.05, 3.63) is 65.7 Å². The van der Waals surface area contributed by atoms with Crippen molar-refractivity contribution in [3.63, 3.8) is 0 Å². The van der Waals surface area contributed by atoms with Gasteiger partial charge in [-0.3, -0.25) is 0 Å². The average molecular weight is 325 g/mol. The molecular formula is C20H23NO3. The maximum atomic E-state index is 10.9. The number of hydrogen-bond donors (Lipinski definition) is 1. The van der Waals surface area contributed by atoms with Crippen molar-refractivity contribution >= 4 is 11.7 Å². The van der Waals surface area contributed by atoms with E-state index in [1.807, 2.05) is 18.2 Å². The Balaban J connectivity index is 1.63. The molecule has 0 aliphatic carbocycles. The molecule has 2 aromatic rings. The van der Waals surface area contributed by atoms with Gasteiger partial charge < -0.3 is 14.7 Å². The number of benzene rings is 2. The maximum absolute atomic E-state index is 10.9. The van der Waals surface area contributed by atoms with Crippen LogP contribution in [0.25, 0.3) is 0 Å². The first-order valence-electron chi connectivity index (χ1n) is 8.35. The molecule has 126 valence electrons. The minimum absolute atomic E-state index is 0.141. The second-order valence-corrected chi connectivity index (χ2v) is 6.24. The Labute approximate surface area is 142 Å². The van der Waals surface area contributed by atoms with E-state index < -0.39 is 5.97 Å². The second kappa shape index (κ2) is 7.49. The lowest BCUT2D eigenvalue weighted by Crippen LogP contribution is -2.36. The number of aromatic carboxylic acids is 1. The van der Waals surface area contributed by atoms with Crippen LogP contribution in [0.3, 0.4) is 0 Å². The highest BCUT2D eigenvalue weighted by Crippen LogP contribution is 2.34. The van der Waals surface area contributed by atoms with Crippen LogP contribution < -0.4 is 4.90 Å². The fraction of sp³-hybridized carbons (Fsp3) is 0.350. The summed E-state index contributed by atoms with van der Waals surface area (Å²) in [5, 5.41) is 8.99. The molecule has 0 saturated carbocycles. The molecule has 0 radical (unpaired) electrons. The third-order valence-electron chi connectivity index (χ3n) is 4.83. The lowest BCUT2D eigenvalue weighted by molar-refractivity contribution is 0.0409. The molecule has 1 aliphatic heterocycles. The van der Waals surface area contributed by atoms with Crippen molar-refractivity contribution in [2.24, 2.45) is 5.92 Å². The Morgan fingerprint density at radius 2 is 1.71 bits per heavy atom. The van der Waals surface area contributed by atoms with Crippen LogP contribution in [0.15, 0.2) is 54.6 Å². The molecule has 1 fully saturated rings. The molecule has 0 bridgehead atoms. The monoisotopic (exact) mass is 325 g/mol. The fourth-order valence-electron chi connectivity index (χ4n) is 3.52. The molecule has 4 heteroatoms. The number of carboxylic acid groups (broad SMARTS) is 1. The van der Waals surface area contributed by atoms with E-state index in [-0.39, 0.29) is 6.10 Å². The minimum Gasteiger partial charge on any atom is -0.478 e. The van der Waals surface area contributed by atoms with E-state index in [1.54, 1.807) is 19.2 Å². The predicted molar refractivity (Wildman–Crippen MR) is 94.5 cm³/mol. The standard InChI is InChI=1S/C20H23NO3/c1-24-19(15-5-3-2-4-6-15)16-11-13-21(14-12-16)18-9-7-17(8-10-18)20(22)23/h2-10,16,19H,11-14H2,1H3,(H,22,23). The van der Waals surface area contributed by atoms with Gasteiger partial charge in [-0.15, -0.1) is 0 Å². The Morgan fingerprint density at radius 1 is 1.08 bits per heavy atom. The van der Waals surface area contributed by atoms with E-state index in [1.165, 1.54) is 5.56 Å². The normalized spacial score (nSPS) is 16.8. The van der Waals surface area contributed by atoms with Crippen molar-refractivity contribution in [1.29, 1.82) is 0 Å². The predicted octanol–water partition coefficient (Wildman–Crippen LogP) is 3.99. The Hall–Kier alpha value is -2.33. The molecule has 2 aromatic carbocycles. The van der Waals surface area contributed by atoms with E-state index in [2.05, 4.69) is 29.2 Å². The van der Waals surface area contributed by atoms with Gasteiger partial charge in [-0.05, 0) is 48.6 Å². The molecule has 4 nitrogen and oxygen atoms in total. The molecule has 1 atom stereocenters. The van der Waals surface area contributed by atoms with Crippen molar-refractivity contribution in [3.8, 4) is 0 Å². The largest absolute Gasteiger partial charge is 0.478 e. The molecule has 1 N–H and O–H groups in total. The zero-order valence-corrected chi connectivity index (χ0v) is 13.9. The van der Waals surface area contributed by atoms with Gasteiger partial charge in [0.2, 0.25) is 0 Å². The van der Waals surface area contributed by atoms with Crippen LogP contribution in [0.1, 0.15) is 34.9 Å². The number of carbonyl (C=O) groups is 1. The molecule has 0 spiro atoms. The highest BCUT2D eigenvalue weighted by atomic mass is 16.5. The Kier molecular flexibility index (Phi) is 5.16.